The van der Waals surface area contributed by atoms with Gasteiger partial charge in [-0.2, -0.15) is 5.10 Å². The van der Waals surface area contributed by atoms with E-state index < -0.39 is 9.84 Å². The van der Waals surface area contributed by atoms with Gasteiger partial charge in [-0.05, 0) is 44.0 Å². The van der Waals surface area contributed by atoms with Gasteiger partial charge in [0, 0.05) is 34.5 Å². The summed E-state index contributed by atoms with van der Waals surface area (Å²) in [4.78, 5) is 12.6. The Kier molecular flexibility index (Phi) is 4.89. The summed E-state index contributed by atoms with van der Waals surface area (Å²) in [5.41, 5.74) is 3.36. The zero-order valence-corrected chi connectivity index (χ0v) is 18.6. The van der Waals surface area contributed by atoms with Crippen LogP contribution in [-0.2, 0) is 16.4 Å². The quantitative estimate of drug-likeness (QED) is 0.481. The Balaban J connectivity index is 1.57. The fourth-order valence-corrected chi connectivity index (χ4v) is 4.40. The van der Waals surface area contributed by atoms with Crippen molar-refractivity contribution in [3.05, 3.63) is 71.5 Å². The first-order valence-electron chi connectivity index (χ1n) is 10.5. The van der Waals surface area contributed by atoms with Gasteiger partial charge in [0.15, 0.2) is 9.84 Å². The fraction of sp³-hybridized carbons (Fsp3) is 0.250. The number of fused-ring (bicyclic) bond motifs is 1. The minimum Gasteiger partial charge on any atom is -0.456 e. The zero-order chi connectivity index (χ0) is 22.5. The van der Waals surface area contributed by atoms with Gasteiger partial charge in [-0.15, -0.1) is 0 Å². The third-order valence-electron chi connectivity index (χ3n) is 5.60. The Labute approximate surface area is 186 Å². The highest BCUT2D eigenvalue weighted by molar-refractivity contribution is 7.90. The van der Waals surface area contributed by atoms with Crippen molar-refractivity contribution in [1.82, 2.24) is 15.1 Å². The van der Waals surface area contributed by atoms with Crippen LogP contribution >= 0.6 is 0 Å². The summed E-state index contributed by atoms with van der Waals surface area (Å²) in [5.74, 6) is 0.475. The van der Waals surface area contributed by atoms with Crippen molar-refractivity contribution in [3.8, 4) is 11.3 Å². The molecule has 8 heteroatoms. The molecule has 1 fully saturated rings. The number of aryl methyl sites for hydroxylation is 1. The molecule has 164 valence electrons. The van der Waals surface area contributed by atoms with Gasteiger partial charge < -0.3 is 9.73 Å². The van der Waals surface area contributed by atoms with Crippen molar-refractivity contribution in [3.63, 3.8) is 0 Å². The first kappa shape index (κ1) is 20.5. The van der Waals surface area contributed by atoms with Crippen LogP contribution in [0.2, 0.25) is 0 Å². The molecule has 0 aliphatic heterocycles. The molecule has 1 amide bonds. The molecule has 7 nitrogen and oxygen atoms in total. The molecule has 1 aliphatic carbocycles. The number of benzene rings is 2. The normalized spacial score (nSPS) is 14.1. The molecule has 32 heavy (non-hydrogen) atoms. The number of hydrogen-bond donors (Lipinski definition) is 1. The standard InChI is InChI=1S/C24H23N3O4S/c1-15-10-21(24(28)25-19-8-9-19)26-27(15)14-18-12-20(32(2,29)30)11-17-13-22(31-23(17)18)16-6-4-3-5-7-16/h3-7,10-13,19H,8-9,14H2,1-2H3,(H,25,28). The van der Waals surface area contributed by atoms with Gasteiger partial charge in [-0.3, -0.25) is 9.48 Å². The van der Waals surface area contributed by atoms with Crippen molar-refractivity contribution >= 4 is 26.7 Å². The fourth-order valence-electron chi connectivity index (χ4n) is 3.70. The van der Waals surface area contributed by atoms with Gasteiger partial charge in [0.2, 0.25) is 0 Å². The van der Waals surface area contributed by atoms with Crippen LogP contribution in [0.4, 0.5) is 0 Å². The Bertz CT molecular complexity index is 1430. The smallest absolute Gasteiger partial charge is 0.272 e. The van der Waals surface area contributed by atoms with Crippen molar-refractivity contribution < 1.29 is 17.6 Å². The largest absolute Gasteiger partial charge is 0.456 e. The highest BCUT2D eigenvalue weighted by atomic mass is 32.2. The van der Waals surface area contributed by atoms with E-state index in [-0.39, 0.29) is 23.4 Å². The van der Waals surface area contributed by atoms with Crippen molar-refractivity contribution in [1.29, 1.82) is 0 Å². The lowest BCUT2D eigenvalue weighted by molar-refractivity contribution is 0.0945. The number of sulfone groups is 1. The molecule has 4 aromatic rings. The van der Waals surface area contributed by atoms with E-state index in [0.717, 1.165) is 24.1 Å². The molecular formula is C24H23N3O4S. The van der Waals surface area contributed by atoms with Gasteiger partial charge in [0.25, 0.3) is 5.91 Å². The topological polar surface area (TPSA) is 94.2 Å². The third kappa shape index (κ3) is 4.05. The average molecular weight is 450 g/mol. The molecule has 0 bridgehead atoms. The highest BCUT2D eigenvalue weighted by Gasteiger charge is 2.25. The number of hydrogen-bond acceptors (Lipinski definition) is 5. The molecule has 0 spiro atoms. The predicted molar refractivity (Wildman–Crippen MR) is 121 cm³/mol. The van der Waals surface area contributed by atoms with E-state index in [0.29, 0.717) is 28.0 Å². The van der Waals surface area contributed by atoms with E-state index >= 15 is 0 Å². The Morgan fingerprint density at radius 3 is 2.59 bits per heavy atom. The van der Waals surface area contributed by atoms with Gasteiger partial charge in [-0.1, -0.05) is 30.3 Å². The van der Waals surface area contributed by atoms with Gasteiger partial charge >= 0.3 is 0 Å². The molecule has 0 unspecified atom stereocenters. The third-order valence-corrected chi connectivity index (χ3v) is 6.69. The Morgan fingerprint density at radius 2 is 1.91 bits per heavy atom. The minimum atomic E-state index is -3.42. The maximum absolute atomic E-state index is 12.4. The summed E-state index contributed by atoms with van der Waals surface area (Å²) >= 11 is 0. The lowest BCUT2D eigenvalue weighted by atomic mass is 10.1. The average Bonchev–Trinajstić information content (AvgIpc) is 3.33. The second-order valence-electron chi connectivity index (χ2n) is 8.33. The lowest BCUT2D eigenvalue weighted by Gasteiger charge is -2.08. The number of carbonyl (C=O) groups is 1. The number of furan rings is 1. The molecule has 1 N–H and O–H groups in total. The van der Waals surface area contributed by atoms with Crippen molar-refractivity contribution in [2.45, 2.75) is 37.2 Å². The van der Waals surface area contributed by atoms with E-state index in [4.69, 9.17) is 4.42 Å². The number of nitrogens with one attached hydrogen (secondary N) is 1. The molecule has 2 aromatic heterocycles. The summed E-state index contributed by atoms with van der Waals surface area (Å²) in [6.07, 6.45) is 3.20. The molecule has 0 radical (unpaired) electrons. The lowest BCUT2D eigenvalue weighted by Crippen LogP contribution is -2.25. The molecular weight excluding hydrogens is 426 g/mol. The summed E-state index contributed by atoms with van der Waals surface area (Å²) in [6.45, 7) is 2.15. The number of carbonyl (C=O) groups excluding carboxylic acids is 1. The second-order valence-corrected chi connectivity index (χ2v) is 10.3. The molecule has 0 saturated heterocycles. The highest BCUT2D eigenvalue weighted by Crippen LogP contribution is 2.32. The second kappa shape index (κ2) is 7.63. The van der Waals surface area contributed by atoms with Gasteiger partial charge in [-0.25, -0.2) is 8.42 Å². The van der Waals surface area contributed by atoms with Gasteiger partial charge in [0.05, 0.1) is 11.4 Å². The molecule has 0 atom stereocenters. The number of amides is 1. The number of aromatic nitrogens is 2. The summed E-state index contributed by atoms with van der Waals surface area (Å²) in [5, 5.41) is 8.11. The maximum Gasteiger partial charge on any atom is 0.272 e. The number of nitrogens with zero attached hydrogens (tertiary/aromatic N) is 2. The first-order chi connectivity index (χ1) is 15.3. The van der Waals surface area contributed by atoms with Crippen LogP contribution in [0.15, 0.2) is 63.9 Å². The summed E-state index contributed by atoms with van der Waals surface area (Å²) in [6, 6.07) is 16.8. The molecule has 5 rings (SSSR count). The van der Waals surface area contributed by atoms with E-state index in [9.17, 15) is 13.2 Å². The van der Waals surface area contributed by atoms with Crippen LogP contribution in [0.1, 0.15) is 34.6 Å². The SMILES string of the molecule is Cc1cc(C(=O)NC2CC2)nn1Cc1cc(S(C)(=O)=O)cc2cc(-c3ccccc3)oc12. The Hall–Kier alpha value is -3.39. The van der Waals surface area contributed by atoms with Crippen molar-refractivity contribution in [2.75, 3.05) is 6.26 Å². The minimum absolute atomic E-state index is 0.186. The van der Waals surface area contributed by atoms with Crippen LogP contribution in [-0.4, -0.2) is 36.4 Å². The van der Waals surface area contributed by atoms with E-state index in [1.165, 1.54) is 6.26 Å². The predicted octanol–water partition coefficient (Wildman–Crippen LogP) is 3.95. The van der Waals surface area contributed by atoms with Crippen molar-refractivity contribution in [2.24, 2.45) is 0 Å². The maximum atomic E-state index is 12.4. The van der Waals surface area contributed by atoms with Crippen LogP contribution in [0.3, 0.4) is 0 Å². The van der Waals surface area contributed by atoms with E-state index in [1.807, 2.05) is 43.3 Å². The molecule has 2 aromatic carbocycles. The molecule has 1 saturated carbocycles. The van der Waals surface area contributed by atoms with E-state index in [2.05, 4.69) is 10.4 Å². The van der Waals surface area contributed by atoms with E-state index in [1.54, 1.807) is 22.9 Å². The van der Waals surface area contributed by atoms with Gasteiger partial charge in [0.1, 0.15) is 17.0 Å². The molecule has 2 heterocycles. The van der Waals surface area contributed by atoms with Crippen LogP contribution in [0, 0.1) is 6.92 Å². The first-order valence-corrected chi connectivity index (χ1v) is 12.3. The van der Waals surface area contributed by atoms with Crippen LogP contribution in [0.5, 0.6) is 0 Å². The van der Waals surface area contributed by atoms with Crippen LogP contribution in [0.25, 0.3) is 22.3 Å². The monoisotopic (exact) mass is 449 g/mol. The van der Waals surface area contributed by atoms with Crippen LogP contribution < -0.4 is 5.32 Å². The number of rotatable bonds is 6. The summed E-state index contributed by atoms with van der Waals surface area (Å²) < 4.78 is 32.5. The summed E-state index contributed by atoms with van der Waals surface area (Å²) in [7, 11) is -3.42. The molecule has 1 aliphatic rings. The Morgan fingerprint density at radius 1 is 1.16 bits per heavy atom. The zero-order valence-electron chi connectivity index (χ0n) is 17.8.